The first-order chi connectivity index (χ1) is 12.2. The van der Waals surface area contributed by atoms with Gasteiger partial charge in [0.15, 0.2) is 0 Å². The molecule has 8 nitrogen and oxygen atoms in total. The van der Waals surface area contributed by atoms with E-state index in [1.165, 1.54) is 4.31 Å². The summed E-state index contributed by atoms with van der Waals surface area (Å²) in [7, 11) is -3.57. The fourth-order valence-electron chi connectivity index (χ4n) is 2.73. The molecular weight excluding hydrogens is 356 g/mol. The van der Waals surface area contributed by atoms with E-state index in [1.54, 1.807) is 24.3 Å². The molecular formula is C17H28N4O4S. The van der Waals surface area contributed by atoms with Crippen LogP contribution in [0.3, 0.4) is 0 Å². The molecule has 1 aromatic carbocycles. The fourth-order valence-corrected chi connectivity index (χ4v) is 4.07. The van der Waals surface area contributed by atoms with Crippen LogP contribution in [0, 0.1) is 0 Å². The minimum atomic E-state index is -3.57. The molecule has 1 fully saturated rings. The van der Waals surface area contributed by atoms with E-state index in [0.29, 0.717) is 18.8 Å². The summed E-state index contributed by atoms with van der Waals surface area (Å²) in [5.41, 5.74) is 1.45. The lowest BCUT2D eigenvalue weighted by Gasteiger charge is -2.34. The van der Waals surface area contributed by atoms with E-state index in [4.69, 9.17) is 4.74 Å². The third kappa shape index (κ3) is 6.24. The first-order valence-corrected chi connectivity index (χ1v) is 10.2. The molecule has 2 unspecified atom stereocenters. The minimum Gasteiger partial charge on any atom is -0.373 e. The maximum Gasteiger partial charge on any atom is 0.319 e. The lowest BCUT2D eigenvalue weighted by atomic mass is 10.2. The van der Waals surface area contributed by atoms with E-state index in [-0.39, 0.29) is 30.8 Å². The van der Waals surface area contributed by atoms with Gasteiger partial charge in [-0.1, -0.05) is 12.1 Å². The smallest absolute Gasteiger partial charge is 0.319 e. The maximum absolute atomic E-state index is 12.5. The van der Waals surface area contributed by atoms with Gasteiger partial charge in [0.05, 0.1) is 12.2 Å². The molecule has 0 radical (unpaired) electrons. The monoisotopic (exact) mass is 384 g/mol. The molecule has 0 aromatic heterocycles. The molecule has 26 heavy (non-hydrogen) atoms. The van der Waals surface area contributed by atoms with Gasteiger partial charge in [-0.2, -0.15) is 17.4 Å². The third-order valence-corrected chi connectivity index (χ3v) is 5.30. The average molecular weight is 385 g/mol. The van der Waals surface area contributed by atoms with Crippen molar-refractivity contribution in [2.75, 3.05) is 18.4 Å². The van der Waals surface area contributed by atoms with Gasteiger partial charge < -0.3 is 15.4 Å². The van der Waals surface area contributed by atoms with E-state index >= 15 is 0 Å². The van der Waals surface area contributed by atoms with Crippen molar-refractivity contribution in [3.8, 4) is 0 Å². The average Bonchev–Trinajstić information content (AvgIpc) is 2.52. The number of nitrogens with one attached hydrogen (secondary N) is 3. The molecule has 0 spiro atoms. The molecule has 1 aliphatic rings. The van der Waals surface area contributed by atoms with E-state index in [1.807, 2.05) is 27.7 Å². The minimum absolute atomic E-state index is 0.0503. The van der Waals surface area contributed by atoms with Crippen molar-refractivity contribution in [3.05, 3.63) is 29.8 Å². The summed E-state index contributed by atoms with van der Waals surface area (Å²) in [6.07, 6.45) is -0.254. The number of rotatable bonds is 6. The van der Waals surface area contributed by atoms with E-state index in [0.717, 1.165) is 5.56 Å². The summed E-state index contributed by atoms with van der Waals surface area (Å²) in [6, 6.07) is 6.80. The molecule has 2 atom stereocenters. The van der Waals surface area contributed by atoms with Gasteiger partial charge >= 0.3 is 6.03 Å². The van der Waals surface area contributed by atoms with E-state index in [9.17, 15) is 13.2 Å². The Balaban J connectivity index is 1.89. The summed E-state index contributed by atoms with van der Waals surface area (Å²) in [5, 5.41) is 5.46. The Hall–Kier alpha value is -1.68. The quantitative estimate of drug-likeness (QED) is 0.694. The fraction of sp³-hybridized carbons (Fsp3) is 0.588. The predicted octanol–water partition coefficient (Wildman–Crippen LogP) is 1.66. The highest BCUT2D eigenvalue weighted by Gasteiger charge is 2.30. The molecule has 0 bridgehead atoms. The van der Waals surface area contributed by atoms with E-state index < -0.39 is 10.2 Å². The summed E-state index contributed by atoms with van der Waals surface area (Å²) >= 11 is 0. The highest BCUT2D eigenvalue weighted by atomic mass is 32.2. The zero-order chi connectivity index (χ0) is 19.3. The van der Waals surface area contributed by atoms with Crippen LogP contribution in [0.1, 0.15) is 33.3 Å². The van der Waals surface area contributed by atoms with Gasteiger partial charge in [0.1, 0.15) is 0 Å². The second-order valence-corrected chi connectivity index (χ2v) is 8.61. The first-order valence-electron chi connectivity index (χ1n) is 8.72. The van der Waals surface area contributed by atoms with Crippen molar-refractivity contribution < 1.29 is 17.9 Å². The van der Waals surface area contributed by atoms with Crippen LogP contribution < -0.4 is 15.4 Å². The van der Waals surface area contributed by atoms with Crippen molar-refractivity contribution >= 4 is 21.9 Å². The Morgan fingerprint density at radius 3 is 2.31 bits per heavy atom. The number of hydrogen-bond donors (Lipinski definition) is 3. The van der Waals surface area contributed by atoms with Gasteiger partial charge in [-0.15, -0.1) is 0 Å². The number of carbonyl (C=O) groups is 1. The van der Waals surface area contributed by atoms with Crippen LogP contribution in [-0.2, 0) is 21.5 Å². The van der Waals surface area contributed by atoms with Crippen LogP contribution in [0.2, 0.25) is 0 Å². The molecule has 2 rings (SSSR count). The van der Waals surface area contributed by atoms with Gasteiger partial charge in [-0.25, -0.2) is 4.79 Å². The Morgan fingerprint density at radius 1 is 1.19 bits per heavy atom. The van der Waals surface area contributed by atoms with Crippen LogP contribution in [-0.4, -0.2) is 50.1 Å². The molecule has 1 heterocycles. The van der Waals surface area contributed by atoms with Crippen molar-refractivity contribution in [3.63, 3.8) is 0 Å². The number of anilines is 1. The van der Waals surface area contributed by atoms with Gasteiger partial charge in [0, 0.05) is 31.4 Å². The Morgan fingerprint density at radius 2 is 1.77 bits per heavy atom. The standard InChI is InChI=1S/C17H28N4O4S/c1-12(2)19-17(22)20-16-7-5-15(6-8-16)9-18-26(23,24)21-10-13(3)25-14(4)11-21/h5-8,12-14,18H,9-11H2,1-4H3,(H2,19,20,22). The maximum atomic E-state index is 12.5. The number of amides is 2. The van der Waals surface area contributed by atoms with Crippen molar-refractivity contribution in [1.29, 1.82) is 0 Å². The molecule has 1 aromatic rings. The molecule has 1 saturated heterocycles. The third-order valence-electron chi connectivity index (χ3n) is 3.82. The highest BCUT2D eigenvalue weighted by molar-refractivity contribution is 7.87. The number of urea groups is 1. The first kappa shape index (κ1) is 20.6. The number of hydrogen-bond acceptors (Lipinski definition) is 4. The molecule has 2 amide bonds. The van der Waals surface area contributed by atoms with Crippen molar-refractivity contribution in [1.82, 2.24) is 14.3 Å². The predicted molar refractivity (Wildman–Crippen MR) is 101 cm³/mol. The second-order valence-electron chi connectivity index (χ2n) is 6.85. The molecule has 0 aliphatic carbocycles. The number of carbonyl (C=O) groups excluding carboxylic acids is 1. The second kappa shape index (κ2) is 8.81. The number of morpholine rings is 1. The van der Waals surface area contributed by atoms with Crippen LogP contribution in [0.5, 0.6) is 0 Å². The zero-order valence-corrected chi connectivity index (χ0v) is 16.5. The SMILES string of the molecule is CC(C)NC(=O)Nc1ccc(CNS(=O)(=O)N2CC(C)OC(C)C2)cc1. The lowest BCUT2D eigenvalue weighted by molar-refractivity contribution is -0.0444. The number of benzene rings is 1. The van der Waals surface area contributed by atoms with E-state index in [2.05, 4.69) is 15.4 Å². The normalized spacial score (nSPS) is 21.6. The van der Waals surface area contributed by atoms with Crippen LogP contribution >= 0.6 is 0 Å². The van der Waals surface area contributed by atoms with Gasteiger partial charge in [-0.3, -0.25) is 0 Å². The van der Waals surface area contributed by atoms with Gasteiger partial charge in [0.2, 0.25) is 0 Å². The van der Waals surface area contributed by atoms with Crippen molar-refractivity contribution in [2.45, 2.75) is 52.5 Å². The Bertz CT molecular complexity index is 696. The molecule has 9 heteroatoms. The zero-order valence-electron chi connectivity index (χ0n) is 15.7. The topological polar surface area (TPSA) is 99.8 Å². The van der Waals surface area contributed by atoms with Crippen LogP contribution in [0.25, 0.3) is 0 Å². The number of ether oxygens (including phenoxy) is 1. The van der Waals surface area contributed by atoms with Crippen LogP contribution in [0.15, 0.2) is 24.3 Å². The summed E-state index contributed by atoms with van der Waals surface area (Å²) in [6.45, 7) is 8.34. The Kier molecular flexibility index (Phi) is 6.99. The van der Waals surface area contributed by atoms with Gasteiger partial charge in [0.25, 0.3) is 10.2 Å². The van der Waals surface area contributed by atoms with Crippen molar-refractivity contribution in [2.24, 2.45) is 0 Å². The Labute approximate surface area is 155 Å². The summed E-state index contributed by atoms with van der Waals surface area (Å²) < 4.78 is 34.5. The van der Waals surface area contributed by atoms with Gasteiger partial charge in [-0.05, 0) is 45.4 Å². The number of nitrogens with zero attached hydrogens (tertiary/aromatic N) is 1. The summed E-state index contributed by atoms with van der Waals surface area (Å²) in [4.78, 5) is 11.7. The molecule has 0 saturated carbocycles. The molecule has 3 N–H and O–H groups in total. The largest absolute Gasteiger partial charge is 0.373 e. The highest BCUT2D eigenvalue weighted by Crippen LogP contribution is 2.14. The summed E-state index contributed by atoms with van der Waals surface area (Å²) in [5.74, 6) is 0. The molecule has 1 aliphatic heterocycles. The van der Waals surface area contributed by atoms with Crippen LogP contribution in [0.4, 0.5) is 10.5 Å². The lowest BCUT2D eigenvalue weighted by Crippen LogP contribution is -2.51. The molecule has 146 valence electrons.